The maximum atomic E-state index is 4.80. The first kappa shape index (κ1) is 14.3. The molecular formula is C18H25N3. The van der Waals surface area contributed by atoms with E-state index in [0.29, 0.717) is 12.0 Å². The Bertz CT molecular complexity index is 638. The van der Waals surface area contributed by atoms with Crippen LogP contribution in [0.3, 0.4) is 0 Å². The summed E-state index contributed by atoms with van der Waals surface area (Å²) in [7, 11) is 2.03. The number of benzene rings is 1. The maximum Gasteiger partial charge on any atom is 0.0644 e. The number of nitrogens with one attached hydrogen (secondary N) is 1. The molecule has 0 saturated heterocycles. The number of aromatic nitrogens is 2. The van der Waals surface area contributed by atoms with E-state index >= 15 is 0 Å². The molecule has 112 valence electrons. The van der Waals surface area contributed by atoms with Crippen LogP contribution >= 0.6 is 0 Å². The largest absolute Gasteiger partial charge is 0.313 e. The second-order valence-electron chi connectivity index (χ2n) is 6.12. The molecule has 1 aromatic carbocycles. The molecule has 1 aromatic heterocycles. The van der Waals surface area contributed by atoms with Gasteiger partial charge in [-0.3, -0.25) is 4.68 Å². The van der Waals surface area contributed by atoms with Crippen molar-refractivity contribution in [3.05, 3.63) is 52.3 Å². The van der Waals surface area contributed by atoms with E-state index in [1.165, 1.54) is 34.5 Å². The van der Waals surface area contributed by atoms with E-state index < -0.39 is 0 Å². The minimum absolute atomic E-state index is 0.410. The van der Waals surface area contributed by atoms with Crippen molar-refractivity contribution in [3.63, 3.8) is 0 Å². The highest BCUT2D eigenvalue weighted by atomic mass is 15.3. The third kappa shape index (κ3) is 2.40. The smallest absolute Gasteiger partial charge is 0.0644 e. The molecule has 2 aromatic rings. The Morgan fingerprint density at radius 2 is 2.10 bits per heavy atom. The molecule has 2 atom stereocenters. The number of rotatable bonds is 5. The van der Waals surface area contributed by atoms with Crippen molar-refractivity contribution in [1.82, 2.24) is 15.1 Å². The summed E-state index contributed by atoms with van der Waals surface area (Å²) in [6.07, 6.45) is 2.28. The van der Waals surface area contributed by atoms with Crippen LogP contribution in [0.5, 0.6) is 0 Å². The summed E-state index contributed by atoms with van der Waals surface area (Å²) in [6, 6.07) is 9.19. The molecule has 0 bridgehead atoms. The van der Waals surface area contributed by atoms with Crippen LogP contribution in [0.1, 0.15) is 53.4 Å². The highest BCUT2D eigenvalue weighted by Gasteiger charge is 2.27. The van der Waals surface area contributed by atoms with Gasteiger partial charge in [-0.1, -0.05) is 31.2 Å². The number of nitrogens with zero attached hydrogens (tertiary/aromatic N) is 2. The number of fused-ring (bicyclic) bond motifs is 1. The van der Waals surface area contributed by atoms with Crippen molar-refractivity contribution in [2.24, 2.45) is 0 Å². The van der Waals surface area contributed by atoms with Gasteiger partial charge in [0, 0.05) is 29.8 Å². The highest BCUT2D eigenvalue weighted by Crippen LogP contribution is 2.36. The lowest BCUT2D eigenvalue weighted by Crippen LogP contribution is -2.23. The summed E-state index contributed by atoms with van der Waals surface area (Å²) >= 11 is 0. The van der Waals surface area contributed by atoms with Crippen molar-refractivity contribution >= 4 is 0 Å². The first-order valence-electron chi connectivity index (χ1n) is 7.94. The average molecular weight is 283 g/mol. The molecule has 3 heteroatoms. The monoisotopic (exact) mass is 283 g/mol. The molecule has 21 heavy (non-hydrogen) atoms. The maximum absolute atomic E-state index is 4.80. The molecule has 1 aliphatic carbocycles. The first-order chi connectivity index (χ1) is 10.2. The molecule has 3 nitrogen and oxygen atoms in total. The van der Waals surface area contributed by atoms with Gasteiger partial charge in [-0.05, 0) is 44.9 Å². The van der Waals surface area contributed by atoms with E-state index in [-0.39, 0.29) is 0 Å². The van der Waals surface area contributed by atoms with Gasteiger partial charge in [0.1, 0.15) is 0 Å². The van der Waals surface area contributed by atoms with E-state index in [2.05, 4.69) is 55.0 Å². The minimum Gasteiger partial charge on any atom is -0.313 e. The summed E-state index contributed by atoms with van der Waals surface area (Å²) in [5, 5.41) is 8.20. The summed E-state index contributed by atoms with van der Waals surface area (Å²) in [4.78, 5) is 0. The molecule has 1 aliphatic rings. The molecule has 0 saturated carbocycles. The van der Waals surface area contributed by atoms with Gasteiger partial charge in [0.2, 0.25) is 0 Å². The van der Waals surface area contributed by atoms with E-state index in [1.807, 2.05) is 7.05 Å². The lowest BCUT2D eigenvalue weighted by atomic mass is 9.77. The second kappa shape index (κ2) is 5.64. The Morgan fingerprint density at radius 1 is 1.33 bits per heavy atom. The number of aryl methyl sites for hydroxylation is 1. The molecule has 2 unspecified atom stereocenters. The first-order valence-corrected chi connectivity index (χ1v) is 7.94. The lowest BCUT2D eigenvalue weighted by Gasteiger charge is -2.30. The van der Waals surface area contributed by atoms with Crippen LogP contribution in [0.25, 0.3) is 0 Å². The molecular weight excluding hydrogens is 258 g/mol. The Labute approximate surface area is 127 Å². The fourth-order valence-corrected chi connectivity index (χ4v) is 3.68. The summed E-state index contributed by atoms with van der Waals surface area (Å²) < 4.78 is 2.21. The molecule has 0 fully saturated rings. The van der Waals surface area contributed by atoms with Gasteiger partial charge in [0.05, 0.1) is 5.69 Å². The van der Waals surface area contributed by atoms with Crippen molar-refractivity contribution < 1.29 is 0 Å². The zero-order chi connectivity index (χ0) is 15.0. The molecule has 0 radical (unpaired) electrons. The molecule has 1 heterocycles. The average Bonchev–Trinajstić information content (AvgIpc) is 2.74. The van der Waals surface area contributed by atoms with Crippen molar-refractivity contribution in [2.45, 2.75) is 52.1 Å². The van der Waals surface area contributed by atoms with Crippen LogP contribution in [0.2, 0.25) is 0 Å². The highest BCUT2D eigenvalue weighted by molar-refractivity contribution is 5.40. The molecule has 0 amide bonds. The SMILES string of the molecule is CCC(NC)c1c(C)nn(CC2Cc3ccccc32)c1C. The van der Waals surface area contributed by atoms with Gasteiger partial charge >= 0.3 is 0 Å². The van der Waals surface area contributed by atoms with E-state index in [9.17, 15) is 0 Å². The third-order valence-corrected chi connectivity index (χ3v) is 4.90. The Kier molecular flexibility index (Phi) is 3.85. The predicted octanol–water partition coefficient (Wildman–Crippen LogP) is 3.51. The zero-order valence-electron chi connectivity index (χ0n) is 13.5. The fourth-order valence-electron chi connectivity index (χ4n) is 3.68. The van der Waals surface area contributed by atoms with Gasteiger partial charge in [-0.2, -0.15) is 5.10 Å². The van der Waals surface area contributed by atoms with Gasteiger partial charge in [0.25, 0.3) is 0 Å². The van der Waals surface area contributed by atoms with Gasteiger partial charge in [-0.25, -0.2) is 0 Å². The molecule has 0 aliphatic heterocycles. The number of hydrogen-bond acceptors (Lipinski definition) is 2. The third-order valence-electron chi connectivity index (χ3n) is 4.90. The van der Waals surface area contributed by atoms with E-state index in [0.717, 1.165) is 13.0 Å². The summed E-state index contributed by atoms with van der Waals surface area (Å²) in [5.41, 5.74) is 6.88. The van der Waals surface area contributed by atoms with Crippen LogP contribution in [0.4, 0.5) is 0 Å². The Morgan fingerprint density at radius 3 is 2.76 bits per heavy atom. The summed E-state index contributed by atoms with van der Waals surface area (Å²) in [6.45, 7) is 7.57. The normalized spacial score (nSPS) is 18.2. The van der Waals surface area contributed by atoms with E-state index in [4.69, 9.17) is 5.10 Å². The quantitative estimate of drug-likeness (QED) is 0.910. The van der Waals surface area contributed by atoms with Crippen LogP contribution in [-0.2, 0) is 13.0 Å². The fraction of sp³-hybridized carbons (Fsp3) is 0.500. The van der Waals surface area contributed by atoms with Crippen LogP contribution in [-0.4, -0.2) is 16.8 Å². The molecule has 1 N–H and O–H groups in total. The predicted molar refractivity (Wildman–Crippen MR) is 86.7 cm³/mol. The zero-order valence-corrected chi connectivity index (χ0v) is 13.5. The topological polar surface area (TPSA) is 29.9 Å². The second-order valence-corrected chi connectivity index (χ2v) is 6.12. The van der Waals surface area contributed by atoms with Gasteiger partial charge < -0.3 is 5.32 Å². The Balaban J connectivity index is 1.83. The Hall–Kier alpha value is -1.61. The van der Waals surface area contributed by atoms with Crippen molar-refractivity contribution in [3.8, 4) is 0 Å². The number of hydrogen-bond donors (Lipinski definition) is 1. The lowest BCUT2D eigenvalue weighted by molar-refractivity contribution is 0.464. The van der Waals surface area contributed by atoms with Gasteiger partial charge in [-0.15, -0.1) is 0 Å². The van der Waals surface area contributed by atoms with Gasteiger partial charge in [0.15, 0.2) is 0 Å². The van der Waals surface area contributed by atoms with Crippen molar-refractivity contribution in [1.29, 1.82) is 0 Å². The van der Waals surface area contributed by atoms with Crippen LogP contribution in [0, 0.1) is 13.8 Å². The molecule has 0 spiro atoms. The van der Waals surface area contributed by atoms with Crippen molar-refractivity contribution in [2.75, 3.05) is 7.05 Å². The minimum atomic E-state index is 0.410. The standard InChI is InChI=1S/C18H25N3/c1-5-17(19-4)18-12(2)20-21(13(18)3)11-15-10-14-8-6-7-9-16(14)15/h6-9,15,17,19H,5,10-11H2,1-4H3. The van der Waals surface area contributed by atoms with Crippen LogP contribution in [0.15, 0.2) is 24.3 Å². The molecule has 3 rings (SSSR count). The van der Waals surface area contributed by atoms with Crippen LogP contribution < -0.4 is 5.32 Å². The summed E-state index contributed by atoms with van der Waals surface area (Å²) in [5.74, 6) is 0.627. The van der Waals surface area contributed by atoms with E-state index in [1.54, 1.807) is 0 Å².